The standard InChI is InChI=1S/C10H17N3/c1-12-6-2-10(3-7-12)13-8-4-11-5-9-13/h2-3,6,11H,4-5,7-9H2,1H3. The Kier molecular flexibility index (Phi) is 2.54. The summed E-state index contributed by atoms with van der Waals surface area (Å²) in [6, 6.07) is 0. The average molecular weight is 179 g/mol. The Balaban J connectivity index is 1.96. The van der Waals surface area contributed by atoms with Crippen molar-refractivity contribution in [3.05, 3.63) is 24.0 Å². The minimum atomic E-state index is 1.04. The van der Waals surface area contributed by atoms with Gasteiger partial charge in [0.25, 0.3) is 0 Å². The molecule has 0 bridgehead atoms. The van der Waals surface area contributed by atoms with E-state index in [1.54, 1.807) is 0 Å². The molecule has 13 heavy (non-hydrogen) atoms. The highest BCUT2D eigenvalue weighted by atomic mass is 15.2. The molecule has 0 amide bonds. The predicted molar refractivity (Wildman–Crippen MR) is 54.3 cm³/mol. The molecule has 2 rings (SSSR count). The summed E-state index contributed by atoms with van der Waals surface area (Å²) in [5.74, 6) is 0. The molecule has 1 saturated heterocycles. The molecule has 0 aromatic rings. The number of piperazine rings is 1. The van der Waals surface area contributed by atoms with E-state index in [-0.39, 0.29) is 0 Å². The lowest BCUT2D eigenvalue weighted by atomic mass is 10.2. The lowest BCUT2D eigenvalue weighted by Crippen LogP contribution is -2.43. The molecule has 0 atom stereocenters. The second kappa shape index (κ2) is 3.83. The third kappa shape index (κ3) is 2.04. The van der Waals surface area contributed by atoms with Crippen LogP contribution in [0.1, 0.15) is 0 Å². The Morgan fingerprint density at radius 2 is 2.08 bits per heavy atom. The SMILES string of the molecule is CN1C=CC(N2CCNCC2)=CC1. The number of nitrogens with one attached hydrogen (secondary N) is 1. The van der Waals surface area contributed by atoms with Crippen LogP contribution in [-0.2, 0) is 0 Å². The van der Waals surface area contributed by atoms with Crippen LogP contribution in [0.2, 0.25) is 0 Å². The Labute approximate surface area is 79.7 Å². The molecule has 2 aliphatic heterocycles. The smallest absolute Gasteiger partial charge is 0.0373 e. The average Bonchev–Trinajstić information content (AvgIpc) is 2.20. The second-order valence-electron chi connectivity index (χ2n) is 3.62. The van der Waals surface area contributed by atoms with E-state index < -0.39 is 0 Å². The van der Waals surface area contributed by atoms with Gasteiger partial charge < -0.3 is 15.1 Å². The van der Waals surface area contributed by atoms with Gasteiger partial charge in [-0.15, -0.1) is 0 Å². The van der Waals surface area contributed by atoms with E-state index in [0.717, 1.165) is 32.7 Å². The summed E-state index contributed by atoms with van der Waals surface area (Å²) >= 11 is 0. The van der Waals surface area contributed by atoms with Crippen molar-refractivity contribution in [1.29, 1.82) is 0 Å². The first kappa shape index (κ1) is 8.63. The van der Waals surface area contributed by atoms with Crippen LogP contribution in [0.3, 0.4) is 0 Å². The zero-order chi connectivity index (χ0) is 9.10. The summed E-state index contributed by atoms with van der Waals surface area (Å²) in [5.41, 5.74) is 1.39. The lowest BCUT2D eigenvalue weighted by Gasteiger charge is -2.32. The molecule has 0 spiro atoms. The topological polar surface area (TPSA) is 18.5 Å². The maximum atomic E-state index is 3.36. The maximum absolute atomic E-state index is 3.36. The van der Waals surface area contributed by atoms with Gasteiger partial charge in [0.2, 0.25) is 0 Å². The monoisotopic (exact) mass is 179 g/mol. The molecule has 1 N–H and O–H groups in total. The van der Waals surface area contributed by atoms with E-state index in [4.69, 9.17) is 0 Å². The fourth-order valence-corrected chi connectivity index (χ4v) is 1.73. The minimum Gasteiger partial charge on any atom is -0.377 e. The van der Waals surface area contributed by atoms with E-state index in [9.17, 15) is 0 Å². The van der Waals surface area contributed by atoms with Crippen molar-refractivity contribution >= 4 is 0 Å². The number of nitrogens with zero attached hydrogens (tertiary/aromatic N) is 2. The highest BCUT2D eigenvalue weighted by Gasteiger charge is 2.12. The summed E-state index contributed by atoms with van der Waals surface area (Å²) in [6.45, 7) is 5.54. The summed E-state index contributed by atoms with van der Waals surface area (Å²) in [7, 11) is 2.10. The van der Waals surface area contributed by atoms with Crippen molar-refractivity contribution in [2.45, 2.75) is 0 Å². The molecule has 0 unspecified atom stereocenters. The molecular weight excluding hydrogens is 162 g/mol. The first-order chi connectivity index (χ1) is 6.36. The molecule has 1 fully saturated rings. The normalized spacial score (nSPS) is 23.3. The van der Waals surface area contributed by atoms with Crippen molar-refractivity contribution in [2.24, 2.45) is 0 Å². The summed E-state index contributed by atoms with van der Waals surface area (Å²) in [4.78, 5) is 4.63. The Morgan fingerprint density at radius 1 is 1.31 bits per heavy atom. The molecule has 2 aliphatic rings. The maximum Gasteiger partial charge on any atom is 0.0373 e. The largest absolute Gasteiger partial charge is 0.377 e. The molecular formula is C10H17N3. The molecule has 0 aromatic heterocycles. The number of hydrogen-bond acceptors (Lipinski definition) is 3. The van der Waals surface area contributed by atoms with E-state index in [0.29, 0.717) is 0 Å². The van der Waals surface area contributed by atoms with Gasteiger partial charge in [0.05, 0.1) is 0 Å². The minimum absolute atomic E-state index is 1.04. The number of hydrogen-bond donors (Lipinski definition) is 1. The fourth-order valence-electron chi connectivity index (χ4n) is 1.73. The predicted octanol–water partition coefficient (Wildman–Crippen LogP) is 0.235. The van der Waals surface area contributed by atoms with Crippen LogP contribution in [0.4, 0.5) is 0 Å². The summed E-state index contributed by atoms with van der Waals surface area (Å²) < 4.78 is 0. The van der Waals surface area contributed by atoms with Gasteiger partial charge in [0.1, 0.15) is 0 Å². The van der Waals surface area contributed by atoms with Crippen molar-refractivity contribution in [1.82, 2.24) is 15.1 Å². The molecule has 3 heteroatoms. The van der Waals surface area contributed by atoms with Crippen LogP contribution in [0, 0.1) is 0 Å². The van der Waals surface area contributed by atoms with Crippen molar-refractivity contribution in [2.75, 3.05) is 39.8 Å². The summed E-state index contributed by atoms with van der Waals surface area (Å²) in [6.07, 6.45) is 6.65. The Morgan fingerprint density at radius 3 is 2.69 bits per heavy atom. The van der Waals surface area contributed by atoms with Crippen LogP contribution in [0.5, 0.6) is 0 Å². The van der Waals surface area contributed by atoms with Crippen LogP contribution in [-0.4, -0.2) is 49.6 Å². The van der Waals surface area contributed by atoms with Crippen molar-refractivity contribution in [3.63, 3.8) is 0 Å². The molecule has 0 aromatic carbocycles. The fraction of sp³-hybridized carbons (Fsp3) is 0.600. The van der Waals surface area contributed by atoms with Gasteiger partial charge in [-0.1, -0.05) is 0 Å². The van der Waals surface area contributed by atoms with Gasteiger partial charge in [-0.25, -0.2) is 0 Å². The van der Waals surface area contributed by atoms with E-state index in [1.807, 2.05) is 0 Å². The zero-order valence-electron chi connectivity index (χ0n) is 8.16. The van der Waals surface area contributed by atoms with Crippen LogP contribution < -0.4 is 5.32 Å². The number of likely N-dealkylation sites (N-methyl/N-ethyl adjacent to an activating group) is 1. The van der Waals surface area contributed by atoms with Crippen molar-refractivity contribution < 1.29 is 0 Å². The molecule has 3 nitrogen and oxygen atoms in total. The second-order valence-corrected chi connectivity index (χ2v) is 3.62. The number of allylic oxidation sites excluding steroid dienone is 1. The van der Waals surface area contributed by atoms with Gasteiger partial charge in [-0.2, -0.15) is 0 Å². The van der Waals surface area contributed by atoms with Crippen LogP contribution in [0.15, 0.2) is 24.0 Å². The van der Waals surface area contributed by atoms with Crippen LogP contribution >= 0.6 is 0 Å². The van der Waals surface area contributed by atoms with Gasteiger partial charge >= 0.3 is 0 Å². The number of rotatable bonds is 1. The van der Waals surface area contributed by atoms with E-state index in [1.165, 1.54) is 5.70 Å². The highest BCUT2D eigenvalue weighted by Crippen LogP contribution is 2.11. The molecule has 2 heterocycles. The quantitative estimate of drug-likeness (QED) is 0.622. The van der Waals surface area contributed by atoms with Crippen molar-refractivity contribution in [3.8, 4) is 0 Å². The third-order valence-corrected chi connectivity index (χ3v) is 2.57. The lowest BCUT2D eigenvalue weighted by molar-refractivity contribution is 0.302. The molecule has 72 valence electrons. The Bertz CT molecular complexity index is 226. The van der Waals surface area contributed by atoms with E-state index in [2.05, 4.69) is 40.5 Å². The highest BCUT2D eigenvalue weighted by molar-refractivity contribution is 5.21. The van der Waals surface area contributed by atoms with Gasteiger partial charge in [-0.05, 0) is 12.2 Å². The molecule has 0 radical (unpaired) electrons. The first-order valence-electron chi connectivity index (χ1n) is 4.90. The zero-order valence-corrected chi connectivity index (χ0v) is 8.16. The van der Waals surface area contributed by atoms with Gasteiger partial charge in [0, 0.05) is 51.7 Å². The van der Waals surface area contributed by atoms with E-state index >= 15 is 0 Å². The Hall–Kier alpha value is -0.960. The molecule has 0 saturated carbocycles. The van der Waals surface area contributed by atoms with Gasteiger partial charge in [0.15, 0.2) is 0 Å². The first-order valence-corrected chi connectivity index (χ1v) is 4.90. The molecule has 0 aliphatic carbocycles. The van der Waals surface area contributed by atoms with Crippen LogP contribution in [0.25, 0.3) is 0 Å². The summed E-state index contributed by atoms with van der Waals surface area (Å²) in [5, 5.41) is 3.36. The third-order valence-electron chi connectivity index (χ3n) is 2.57. The van der Waals surface area contributed by atoms with Gasteiger partial charge in [-0.3, -0.25) is 0 Å².